The fourth-order valence-electron chi connectivity index (χ4n) is 5.19. The van der Waals surface area contributed by atoms with E-state index in [0.29, 0.717) is 94.5 Å². The molecule has 1 aromatic carbocycles. The summed E-state index contributed by atoms with van der Waals surface area (Å²) in [5.74, 6) is 3.29. The molecule has 4 rings (SSSR count). The van der Waals surface area contributed by atoms with Gasteiger partial charge in [0.25, 0.3) is 0 Å². The van der Waals surface area contributed by atoms with Crippen LogP contribution in [0.1, 0.15) is 12.8 Å². The molecule has 0 atom stereocenters. The molecule has 1 aliphatic rings. The van der Waals surface area contributed by atoms with Crippen LogP contribution in [0.25, 0.3) is 11.0 Å². The summed E-state index contributed by atoms with van der Waals surface area (Å²) in [5.41, 5.74) is 1.31. The number of para-hydroxylation sites is 1. The van der Waals surface area contributed by atoms with Gasteiger partial charge in [-0.15, -0.1) is 0 Å². The minimum atomic E-state index is 0.217. The smallest absolute Gasteiger partial charge is 0.228 e. The third-order valence-electron chi connectivity index (χ3n) is 7.81. The molecule has 254 valence electrons. The number of ether oxygens (including phenoxy) is 6. The molecule has 0 spiro atoms. The van der Waals surface area contributed by atoms with Crippen LogP contribution in [0.4, 0.5) is 23.5 Å². The topological polar surface area (TPSA) is 129 Å². The van der Waals surface area contributed by atoms with Crippen molar-refractivity contribution in [2.45, 2.75) is 18.9 Å². The van der Waals surface area contributed by atoms with E-state index in [1.807, 2.05) is 30.3 Å². The normalized spacial score (nSPS) is 13.7. The lowest BCUT2D eigenvalue weighted by Crippen LogP contribution is -2.38. The highest BCUT2D eigenvalue weighted by molar-refractivity contribution is 5.95. The van der Waals surface area contributed by atoms with Crippen LogP contribution in [-0.4, -0.2) is 140 Å². The van der Waals surface area contributed by atoms with E-state index >= 15 is 0 Å². The monoisotopic (exact) mass is 642 g/mol. The number of anilines is 4. The lowest BCUT2D eigenvalue weighted by Gasteiger charge is -2.33. The van der Waals surface area contributed by atoms with Crippen LogP contribution in [0.5, 0.6) is 5.75 Å². The third-order valence-corrected chi connectivity index (χ3v) is 7.81. The van der Waals surface area contributed by atoms with Gasteiger partial charge in [0, 0.05) is 74.8 Å². The van der Waals surface area contributed by atoms with Gasteiger partial charge in [0.05, 0.1) is 39.1 Å². The average molecular weight is 643 g/mol. The molecule has 14 heteroatoms. The van der Waals surface area contributed by atoms with Crippen molar-refractivity contribution in [2.75, 3.05) is 134 Å². The number of hydrogen-bond acceptors (Lipinski definition) is 14. The fourth-order valence-corrected chi connectivity index (χ4v) is 5.19. The molecule has 3 heterocycles. The summed E-state index contributed by atoms with van der Waals surface area (Å²) in [6.07, 6.45) is 2.00. The maximum Gasteiger partial charge on any atom is 0.228 e. The van der Waals surface area contributed by atoms with Crippen LogP contribution < -0.4 is 24.8 Å². The van der Waals surface area contributed by atoms with Gasteiger partial charge in [-0.3, -0.25) is 0 Å². The molecule has 46 heavy (non-hydrogen) atoms. The first kappa shape index (κ1) is 35.3. The maximum atomic E-state index is 5.98. The zero-order valence-electron chi connectivity index (χ0n) is 27.9. The lowest BCUT2D eigenvalue weighted by molar-refractivity contribution is 0.0818. The van der Waals surface area contributed by atoms with Gasteiger partial charge in [0.2, 0.25) is 11.9 Å². The highest BCUT2D eigenvalue weighted by Crippen LogP contribution is 2.32. The van der Waals surface area contributed by atoms with Gasteiger partial charge >= 0.3 is 0 Å². The lowest BCUT2D eigenvalue weighted by atomic mass is 10.1. The molecule has 1 aliphatic heterocycles. The van der Waals surface area contributed by atoms with Crippen molar-refractivity contribution >= 4 is 34.6 Å². The summed E-state index contributed by atoms with van der Waals surface area (Å²) < 4.78 is 33.3. The van der Waals surface area contributed by atoms with E-state index in [9.17, 15) is 0 Å². The molecule has 2 aromatic heterocycles. The first-order chi connectivity index (χ1) is 22.6. The van der Waals surface area contributed by atoms with Crippen LogP contribution in [-0.2, 0) is 23.7 Å². The molecule has 0 bridgehead atoms. The molecule has 0 saturated carbocycles. The highest BCUT2D eigenvalue weighted by Gasteiger charge is 2.27. The average Bonchev–Trinajstić information content (AvgIpc) is 3.10. The number of aromatic nitrogens is 4. The number of hydrogen-bond donors (Lipinski definition) is 1. The summed E-state index contributed by atoms with van der Waals surface area (Å²) in [4.78, 5) is 26.8. The van der Waals surface area contributed by atoms with Crippen LogP contribution in [0.2, 0.25) is 0 Å². The van der Waals surface area contributed by atoms with E-state index in [0.717, 1.165) is 37.5 Å². The second-order valence-corrected chi connectivity index (χ2v) is 10.9. The van der Waals surface area contributed by atoms with E-state index in [-0.39, 0.29) is 6.10 Å². The zero-order chi connectivity index (χ0) is 32.6. The standard InChI is InChI=1S/C32H50N8O6/c1-41-21-16-39(17-22-42-2)31-35-28-27(29(36-31)33-13-20-46-26-9-7-6-8-10-26)34-32(40(18-23-43-3)19-24-44-4)37-30(28)38-14-11-25(45-5)12-15-38/h6-10,25H,11-24H2,1-5H3,(H,33,35,36). The van der Waals surface area contributed by atoms with Crippen LogP contribution in [0.15, 0.2) is 30.3 Å². The summed E-state index contributed by atoms with van der Waals surface area (Å²) in [6.45, 7) is 6.96. The predicted molar refractivity (Wildman–Crippen MR) is 180 cm³/mol. The van der Waals surface area contributed by atoms with Gasteiger partial charge in [-0.2, -0.15) is 9.97 Å². The van der Waals surface area contributed by atoms with Crippen molar-refractivity contribution < 1.29 is 28.4 Å². The Balaban J connectivity index is 1.81. The number of nitrogens with zero attached hydrogens (tertiary/aromatic N) is 7. The van der Waals surface area contributed by atoms with Gasteiger partial charge in [-0.05, 0) is 25.0 Å². The Labute approximate surface area is 272 Å². The van der Waals surface area contributed by atoms with Gasteiger partial charge in [-0.1, -0.05) is 18.2 Å². The summed E-state index contributed by atoms with van der Waals surface area (Å²) in [6, 6.07) is 9.75. The van der Waals surface area contributed by atoms with Crippen molar-refractivity contribution in [1.29, 1.82) is 0 Å². The Kier molecular flexibility index (Phi) is 14.7. The van der Waals surface area contributed by atoms with Gasteiger partial charge < -0.3 is 48.4 Å². The zero-order valence-corrected chi connectivity index (χ0v) is 27.9. The number of methoxy groups -OCH3 is 5. The van der Waals surface area contributed by atoms with E-state index in [4.69, 9.17) is 48.4 Å². The maximum absolute atomic E-state index is 5.98. The van der Waals surface area contributed by atoms with Crippen molar-refractivity contribution in [2.24, 2.45) is 0 Å². The van der Waals surface area contributed by atoms with E-state index < -0.39 is 0 Å². The fraction of sp³-hybridized carbons (Fsp3) is 0.625. The minimum Gasteiger partial charge on any atom is -0.492 e. The Hall–Kier alpha value is -3.56. The Morgan fingerprint density at radius 2 is 1.24 bits per heavy atom. The van der Waals surface area contributed by atoms with Crippen molar-refractivity contribution in [3.8, 4) is 5.75 Å². The van der Waals surface area contributed by atoms with Crippen LogP contribution in [0, 0.1) is 0 Å². The van der Waals surface area contributed by atoms with Gasteiger partial charge in [0.15, 0.2) is 11.6 Å². The minimum absolute atomic E-state index is 0.217. The molecule has 0 radical (unpaired) electrons. The summed E-state index contributed by atoms with van der Waals surface area (Å²) >= 11 is 0. The predicted octanol–water partition coefficient (Wildman–Crippen LogP) is 2.72. The summed E-state index contributed by atoms with van der Waals surface area (Å²) in [5, 5.41) is 3.50. The number of fused-ring (bicyclic) bond motifs is 1. The molecule has 1 N–H and O–H groups in total. The first-order valence-electron chi connectivity index (χ1n) is 15.9. The SMILES string of the molecule is COCCN(CCOC)c1nc(N2CCC(OC)CC2)c2nc(N(CCOC)CCOC)nc(NCCOc3ccccc3)c2n1. The van der Waals surface area contributed by atoms with E-state index in [1.165, 1.54) is 0 Å². The highest BCUT2D eigenvalue weighted by atomic mass is 16.5. The molecule has 3 aromatic rings. The van der Waals surface area contributed by atoms with Crippen molar-refractivity contribution in [3.05, 3.63) is 30.3 Å². The van der Waals surface area contributed by atoms with Crippen LogP contribution >= 0.6 is 0 Å². The Morgan fingerprint density at radius 3 is 1.78 bits per heavy atom. The largest absolute Gasteiger partial charge is 0.492 e. The van der Waals surface area contributed by atoms with Gasteiger partial charge in [-0.25, -0.2) is 9.97 Å². The van der Waals surface area contributed by atoms with Gasteiger partial charge in [0.1, 0.15) is 23.4 Å². The first-order valence-corrected chi connectivity index (χ1v) is 15.9. The van der Waals surface area contributed by atoms with Crippen molar-refractivity contribution in [1.82, 2.24) is 19.9 Å². The third kappa shape index (κ3) is 9.97. The van der Waals surface area contributed by atoms with Crippen LogP contribution in [0.3, 0.4) is 0 Å². The van der Waals surface area contributed by atoms with E-state index in [1.54, 1.807) is 35.5 Å². The summed E-state index contributed by atoms with van der Waals surface area (Å²) in [7, 11) is 8.52. The van der Waals surface area contributed by atoms with Crippen molar-refractivity contribution in [3.63, 3.8) is 0 Å². The van der Waals surface area contributed by atoms with E-state index in [2.05, 4.69) is 20.0 Å². The molecular formula is C32H50N8O6. The number of benzene rings is 1. The Bertz CT molecular complexity index is 1280. The molecule has 0 aliphatic carbocycles. The Morgan fingerprint density at radius 1 is 0.696 bits per heavy atom. The number of rotatable bonds is 21. The number of nitrogens with one attached hydrogen (secondary N) is 1. The molecule has 1 fully saturated rings. The molecule has 1 saturated heterocycles. The number of piperidine rings is 1. The molecular weight excluding hydrogens is 592 g/mol. The molecule has 14 nitrogen and oxygen atoms in total. The molecule has 0 amide bonds. The quantitative estimate of drug-likeness (QED) is 0.171. The second kappa shape index (κ2) is 19.2. The second-order valence-electron chi connectivity index (χ2n) is 10.9. The molecule has 0 unspecified atom stereocenters.